The minimum Gasteiger partial charge on any atom is -0.497 e. The van der Waals surface area contributed by atoms with Crippen molar-refractivity contribution in [2.75, 3.05) is 7.11 Å². The minimum atomic E-state index is 0.411. The molecule has 5 nitrogen and oxygen atoms in total. The van der Waals surface area contributed by atoms with Gasteiger partial charge in [0.15, 0.2) is 0 Å². The van der Waals surface area contributed by atoms with Gasteiger partial charge >= 0.3 is 7.48 Å². The lowest BCUT2D eigenvalue weighted by Crippen LogP contribution is -2.24. The highest BCUT2D eigenvalue weighted by atomic mass is 16.6. The number of rotatable bonds is 5. The zero-order valence-electron chi connectivity index (χ0n) is 12.1. The van der Waals surface area contributed by atoms with Crippen LogP contribution in [-0.2, 0) is 16.2 Å². The van der Waals surface area contributed by atoms with Gasteiger partial charge in [0.1, 0.15) is 12.4 Å². The molecule has 0 saturated carbocycles. The quantitative estimate of drug-likeness (QED) is 0.480. The van der Waals surface area contributed by atoms with Crippen molar-refractivity contribution in [3.8, 4) is 5.75 Å². The maximum Gasteiger partial charge on any atom is 0.449 e. The van der Waals surface area contributed by atoms with Crippen molar-refractivity contribution in [3.63, 3.8) is 0 Å². The fraction of sp³-hybridized carbons (Fsp3) is 0.125. The predicted molar refractivity (Wildman–Crippen MR) is 85.9 cm³/mol. The Kier molecular flexibility index (Phi) is 4.39. The fourth-order valence-electron chi connectivity index (χ4n) is 2.00. The van der Waals surface area contributed by atoms with Crippen LogP contribution in [0.25, 0.3) is 0 Å². The van der Waals surface area contributed by atoms with Crippen molar-refractivity contribution < 1.29 is 14.3 Å². The van der Waals surface area contributed by atoms with E-state index in [2.05, 4.69) is 10.3 Å². The van der Waals surface area contributed by atoms with Crippen molar-refractivity contribution in [2.45, 2.75) is 6.61 Å². The first-order chi connectivity index (χ1) is 10.8. The Hall–Kier alpha value is -2.76. The van der Waals surface area contributed by atoms with E-state index in [9.17, 15) is 0 Å². The molecule has 0 fully saturated rings. The van der Waals surface area contributed by atoms with Crippen molar-refractivity contribution in [3.05, 3.63) is 59.2 Å². The molecule has 0 saturated heterocycles. The second-order valence-corrected chi connectivity index (χ2v) is 4.70. The topological polar surface area (TPSA) is 52.4 Å². The van der Waals surface area contributed by atoms with Gasteiger partial charge in [0.25, 0.3) is 0 Å². The first-order valence-electron chi connectivity index (χ1n) is 6.80. The summed E-state index contributed by atoms with van der Waals surface area (Å²) in [7, 11) is 3.25. The molecule has 0 amide bonds. The molecule has 1 heterocycles. The minimum absolute atomic E-state index is 0.411. The van der Waals surface area contributed by atoms with Crippen molar-refractivity contribution >= 4 is 25.4 Å². The third kappa shape index (κ3) is 3.46. The summed E-state index contributed by atoms with van der Waals surface area (Å²) >= 11 is 0. The molecule has 0 bridgehead atoms. The number of methoxy groups -OCH3 is 1. The monoisotopic (exact) mass is 293 g/mol. The molecule has 0 aliphatic carbocycles. The summed E-state index contributed by atoms with van der Waals surface area (Å²) in [4.78, 5) is 5.30. The van der Waals surface area contributed by atoms with Crippen LogP contribution in [-0.4, -0.2) is 27.0 Å². The number of nitrogens with zero attached hydrogens (tertiary/aromatic N) is 2. The van der Waals surface area contributed by atoms with E-state index in [1.807, 2.05) is 42.5 Å². The molecular weight excluding hydrogens is 279 g/mol. The number of hydrogen-bond donors (Lipinski definition) is 0. The van der Waals surface area contributed by atoms with E-state index in [0.717, 1.165) is 27.9 Å². The van der Waals surface area contributed by atoms with Crippen LogP contribution in [0, 0.1) is 0 Å². The van der Waals surface area contributed by atoms with Gasteiger partial charge in [0, 0.05) is 0 Å². The standard InChI is InChI=1S/C16H14BN2O3/c1-20-15-5-2-12(3-6-15)11-21-18-9-13-4-7-16-14(8-13)10-19-22-17-16/h2-10H,11H2,1H3/b18-9+. The van der Waals surface area contributed by atoms with Crippen LogP contribution in [0.1, 0.15) is 16.7 Å². The normalized spacial score (nSPS) is 12.4. The number of fused-ring (bicyclic) bond motifs is 1. The van der Waals surface area contributed by atoms with Gasteiger partial charge in [0.05, 0.1) is 19.5 Å². The van der Waals surface area contributed by atoms with Gasteiger partial charge in [-0.2, -0.15) is 0 Å². The molecule has 1 aliphatic rings. The summed E-state index contributed by atoms with van der Waals surface area (Å²) < 4.78 is 9.98. The van der Waals surface area contributed by atoms with E-state index < -0.39 is 0 Å². The number of ether oxygens (including phenoxy) is 1. The van der Waals surface area contributed by atoms with Gasteiger partial charge < -0.3 is 14.3 Å². The Morgan fingerprint density at radius 2 is 2.09 bits per heavy atom. The van der Waals surface area contributed by atoms with E-state index in [4.69, 9.17) is 14.3 Å². The van der Waals surface area contributed by atoms with Crippen LogP contribution in [0.2, 0.25) is 0 Å². The summed E-state index contributed by atoms with van der Waals surface area (Å²) in [6.45, 7) is 0.411. The molecular formula is C16H14BN2O3. The summed E-state index contributed by atoms with van der Waals surface area (Å²) in [6, 6.07) is 13.5. The highest BCUT2D eigenvalue weighted by Gasteiger charge is 2.09. The van der Waals surface area contributed by atoms with Crippen molar-refractivity contribution in [1.82, 2.24) is 0 Å². The number of hydrogen-bond acceptors (Lipinski definition) is 5. The van der Waals surface area contributed by atoms with Gasteiger partial charge in [-0.05, 0) is 40.4 Å². The van der Waals surface area contributed by atoms with Crippen molar-refractivity contribution in [1.29, 1.82) is 0 Å². The Balaban J connectivity index is 1.57. The zero-order valence-corrected chi connectivity index (χ0v) is 12.1. The van der Waals surface area contributed by atoms with Crippen LogP contribution < -0.4 is 10.2 Å². The van der Waals surface area contributed by atoms with Gasteiger partial charge in [-0.3, -0.25) is 0 Å². The first kappa shape index (κ1) is 14.2. The summed E-state index contributed by atoms with van der Waals surface area (Å²) in [5, 5.41) is 7.73. The van der Waals surface area contributed by atoms with E-state index in [0.29, 0.717) is 6.61 Å². The summed E-state index contributed by atoms with van der Waals surface area (Å²) in [5.74, 6) is 0.823. The maximum atomic E-state index is 5.30. The second kappa shape index (κ2) is 6.80. The maximum absolute atomic E-state index is 5.30. The third-order valence-electron chi connectivity index (χ3n) is 3.21. The molecule has 3 rings (SSSR count). The second-order valence-electron chi connectivity index (χ2n) is 4.70. The smallest absolute Gasteiger partial charge is 0.449 e. The van der Waals surface area contributed by atoms with Crippen LogP contribution in [0.4, 0.5) is 0 Å². The molecule has 109 valence electrons. The molecule has 0 atom stereocenters. The average molecular weight is 293 g/mol. The van der Waals surface area contributed by atoms with Crippen molar-refractivity contribution in [2.24, 2.45) is 10.3 Å². The number of benzene rings is 2. The molecule has 0 aromatic heterocycles. The highest BCUT2D eigenvalue weighted by Crippen LogP contribution is 2.12. The number of oxime groups is 2. The Bertz CT molecular complexity index is 699. The van der Waals surface area contributed by atoms with Gasteiger partial charge in [-0.15, -0.1) is 5.16 Å². The molecule has 1 radical (unpaired) electrons. The van der Waals surface area contributed by atoms with Gasteiger partial charge in [-0.25, -0.2) is 0 Å². The average Bonchev–Trinajstić information content (AvgIpc) is 2.59. The molecule has 2 aromatic carbocycles. The Morgan fingerprint density at radius 3 is 2.91 bits per heavy atom. The molecule has 0 N–H and O–H groups in total. The lowest BCUT2D eigenvalue weighted by molar-refractivity contribution is 0.132. The zero-order chi connectivity index (χ0) is 15.2. The van der Waals surface area contributed by atoms with E-state index in [1.54, 1.807) is 27.0 Å². The van der Waals surface area contributed by atoms with Gasteiger partial charge in [-0.1, -0.05) is 29.4 Å². The third-order valence-corrected chi connectivity index (χ3v) is 3.21. The van der Waals surface area contributed by atoms with Gasteiger partial charge in [0.2, 0.25) is 0 Å². The summed E-state index contributed by atoms with van der Waals surface area (Å²) in [5.41, 5.74) is 3.95. The predicted octanol–water partition coefficient (Wildman–Crippen LogP) is 1.85. The van der Waals surface area contributed by atoms with E-state index >= 15 is 0 Å². The van der Waals surface area contributed by atoms with E-state index in [1.165, 1.54) is 0 Å². The van der Waals surface area contributed by atoms with E-state index in [-0.39, 0.29) is 0 Å². The van der Waals surface area contributed by atoms with Crippen LogP contribution >= 0.6 is 0 Å². The molecule has 1 aliphatic heterocycles. The van der Waals surface area contributed by atoms with Crippen LogP contribution in [0.3, 0.4) is 0 Å². The Labute approximate surface area is 129 Å². The van der Waals surface area contributed by atoms with Crippen LogP contribution in [0.15, 0.2) is 52.8 Å². The lowest BCUT2D eigenvalue weighted by Gasteiger charge is -2.08. The molecule has 2 aromatic rings. The molecule has 0 spiro atoms. The molecule has 0 unspecified atom stereocenters. The largest absolute Gasteiger partial charge is 0.497 e. The fourth-order valence-corrected chi connectivity index (χ4v) is 2.00. The molecule has 6 heteroatoms. The van der Waals surface area contributed by atoms with Crippen LogP contribution in [0.5, 0.6) is 5.75 Å². The highest BCUT2D eigenvalue weighted by molar-refractivity contribution is 6.49. The Morgan fingerprint density at radius 1 is 1.23 bits per heavy atom. The summed E-state index contributed by atoms with van der Waals surface area (Å²) in [6.07, 6.45) is 3.35. The molecule has 22 heavy (non-hydrogen) atoms. The SMILES string of the molecule is COc1ccc(CO/N=C/c2ccc3c(c2)C=NO[B]3)cc1. The first-order valence-corrected chi connectivity index (χ1v) is 6.80. The lowest BCUT2D eigenvalue weighted by atomic mass is 9.83.